The predicted octanol–water partition coefficient (Wildman–Crippen LogP) is 0.839. The molecule has 2 atom stereocenters. The number of hydrogen-bond acceptors (Lipinski definition) is 6. The highest BCUT2D eigenvalue weighted by Crippen LogP contribution is 2.36. The van der Waals surface area contributed by atoms with E-state index in [1.54, 1.807) is 17.2 Å². The largest absolute Gasteiger partial charge is 0.354 e. The average Bonchev–Trinajstić information content (AvgIpc) is 3.01. The molecule has 2 saturated heterocycles. The van der Waals surface area contributed by atoms with E-state index in [1.165, 1.54) is 23.0 Å². The van der Waals surface area contributed by atoms with Gasteiger partial charge in [0.1, 0.15) is 5.82 Å². The maximum Gasteiger partial charge on any atom is 0.354 e. The number of nitrogens with two attached hydrogens (primary N) is 1. The Bertz CT molecular complexity index is 1000. The molecule has 9 heteroatoms. The van der Waals surface area contributed by atoms with Crippen LogP contribution in [0.4, 0.5) is 10.6 Å². The maximum atomic E-state index is 12.6. The number of likely N-dealkylation sites (tertiary alicyclic amines) is 1. The normalized spacial score (nSPS) is 25.7. The van der Waals surface area contributed by atoms with Crippen LogP contribution >= 0.6 is 0 Å². The van der Waals surface area contributed by atoms with Gasteiger partial charge < -0.3 is 16.0 Å². The molecular weight excluding hydrogens is 406 g/mol. The van der Waals surface area contributed by atoms with Crippen LogP contribution in [0.3, 0.4) is 0 Å². The molecular formula is C23H31N7O2. The molecule has 32 heavy (non-hydrogen) atoms. The zero-order valence-electron chi connectivity index (χ0n) is 18.2. The summed E-state index contributed by atoms with van der Waals surface area (Å²) in [5.41, 5.74) is 7.88. The quantitative estimate of drug-likeness (QED) is 0.654. The van der Waals surface area contributed by atoms with Gasteiger partial charge in [-0.1, -0.05) is 12.1 Å². The molecule has 2 bridgehead atoms. The third kappa shape index (κ3) is 4.41. The number of rotatable bonds is 4. The fraction of sp³-hybridized carbons (Fsp3) is 0.522. The molecule has 170 valence electrons. The lowest BCUT2D eigenvalue weighted by atomic mass is 9.93. The summed E-state index contributed by atoms with van der Waals surface area (Å²) in [6, 6.07) is 9.83. The van der Waals surface area contributed by atoms with Gasteiger partial charge in [0.25, 0.3) is 0 Å². The Hall–Kier alpha value is -2.75. The second kappa shape index (κ2) is 9.01. The van der Waals surface area contributed by atoms with Gasteiger partial charge in [-0.15, -0.1) is 0 Å². The number of anilines is 1. The summed E-state index contributed by atoms with van der Waals surface area (Å²) >= 11 is 0. The van der Waals surface area contributed by atoms with Gasteiger partial charge in [0, 0.05) is 58.1 Å². The molecule has 1 aliphatic carbocycles. The summed E-state index contributed by atoms with van der Waals surface area (Å²) in [4.78, 5) is 33.2. The zero-order chi connectivity index (χ0) is 22.1. The average molecular weight is 438 g/mol. The smallest absolute Gasteiger partial charge is 0.327 e. The molecule has 3 aliphatic rings. The van der Waals surface area contributed by atoms with Crippen LogP contribution < -0.4 is 22.1 Å². The minimum Gasteiger partial charge on any atom is -0.327 e. The summed E-state index contributed by atoms with van der Waals surface area (Å²) in [7, 11) is 0. The van der Waals surface area contributed by atoms with Gasteiger partial charge in [-0.3, -0.25) is 14.8 Å². The molecule has 3 heterocycles. The van der Waals surface area contributed by atoms with Crippen LogP contribution in [0, 0.1) is 11.8 Å². The Morgan fingerprint density at radius 1 is 1.09 bits per heavy atom. The number of carbonyl (C=O) groups is 1. The van der Waals surface area contributed by atoms with Gasteiger partial charge >= 0.3 is 11.7 Å². The van der Waals surface area contributed by atoms with E-state index >= 15 is 0 Å². The van der Waals surface area contributed by atoms with Gasteiger partial charge in [-0.05, 0) is 48.4 Å². The van der Waals surface area contributed by atoms with Crippen molar-refractivity contribution in [3.8, 4) is 5.69 Å². The molecule has 2 aliphatic heterocycles. The number of aromatic nitrogens is 2. The second-order valence-corrected chi connectivity index (χ2v) is 9.17. The van der Waals surface area contributed by atoms with E-state index in [-0.39, 0.29) is 11.8 Å². The lowest BCUT2D eigenvalue weighted by molar-refractivity contribution is 0.140. The number of carbonyl (C=O) groups excluding carboxylic acids is 1. The van der Waals surface area contributed by atoms with Crippen LogP contribution in [0.25, 0.3) is 5.69 Å². The Morgan fingerprint density at radius 3 is 2.44 bits per heavy atom. The molecule has 5 rings (SSSR count). The van der Waals surface area contributed by atoms with Crippen LogP contribution in [0.2, 0.25) is 0 Å². The summed E-state index contributed by atoms with van der Waals surface area (Å²) in [5.74, 6) is 1.52. The summed E-state index contributed by atoms with van der Waals surface area (Å²) in [6.45, 7) is 5.87. The highest BCUT2D eigenvalue weighted by Gasteiger charge is 2.39. The SMILES string of the molecule is NC1C2CCC1CN(Cc1ccc(-n3ccc(NC(=O)N4CCNCC4)nc3=O)cc1)C2. The van der Waals surface area contributed by atoms with Crippen molar-refractivity contribution in [1.29, 1.82) is 0 Å². The number of nitrogens with zero attached hydrogens (tertiary/aromatic N) is 4. The van der Waals surface area contributed by atoms with Crippen molar-refractivity contribution in [2.45, 2.75) is 25.4 Å². The molecule has 1 saturated carbocycles. The number of hydrogen-bond donors (Lipinski definition) is 3. The number of urea groups is 1. The van der Waals surface area contributed by atoms with Gasteiger partial charge in [-0.25, -0.2) is 9.59 Å². The molecule has 1 aromatic carbocycles. The van der Waals surface area contributed by atoms with E-state index in [4.69, 9.17) is 5.73 Å². The molecule has 1 aromatic heterocycles. The maximum absolute atomic E-state index is 12.6. The fourth-order valence-electron chi connectivity index (χ4n) is 5.24. The van der Waals surface area contributed by atoms with Gasteiger partial charge in [0.15, 0.2) is 0 Å². The van der Waals surface area contributed by atoms with E-state index in [0.717, 1.165) is 38.4 Å². The molecule has 9 nitrogen and oxygen atoms in total. The topological polar surface area (TPSA) is 109 Å². The number of piperidine rings is 1. The third-order valence-electron chi connectivity index (χ3n) is 7.05. The second-order valence-electron chi connectivity index (χ2n) is 9.17. The standard InChI is InChI=1S/C23H31N7O2/c24-21-17-3-4-18(21)15-28(14-17)13-16-1-5-19(6-2-16)30-10-7-20(27-23(30)32)26-22(31)29-11-8-25-9-12-29/h1-2,5-7,10,17-18,21,25H,3-4,8-9,11-15,24H2,(H,26,27,31,32). The van der Waals surface area contributed by atoms with Crippen LogP contribution in [-0.4, -0.2) is 70.7 Å². The van der Waals surface area contributed by atoms with Gasteiger partial charge in [0.05, 0.1) is 5.69 Å². The number of fused-ring (bicyclic) bond motifs is 2. The molecule has 2 aromatic rings. The van der Waals surface area contributed by atoms with E-state index in [2.05, 4.69) is 32.7 Å². The molecule has 2 unspecified atom stereocenters. The first kappa shape index (κ1) is 21.1. The third-order valence-corrected chi connectivity index (χ3v) is 7.05. The van der Waals surface area contributed by atoms with E-state index < -0.39 is 5.69 Å². The number of amides is 2. The van der Waals surface area contributed by atoms with E-state index in [0.29, 0.717) is 31.0 Å². The van der Waals surface area contributed by atoms with Crippen LogP contribution in [0.15, 0.2) is 41.3 Å². The monoisotopic (exact) mass is 437 g/mol. The van der Waals surface area contributed by atoms with Crippen molar-refractivity contribution < 1.29 is 4.79 Å². The Kier molecular flexibility index (Phi) is 5.95. The molecule has 3 fully saturated rings. The first-order valence-electron chi connectivity index (χ1n) is 11.5. The first-order valence-corrected chi connectivity index (χ1v) is 11.5. The lowest BCUT2D eigenvalue weighted by Gasteiger charge is -2.36. The van der Waals surface area contributed by atoms with Crippen molar-refractivity contribution in [2.75, 3.05) is 44.6 Å². The van der Waals surface area contributed by atoms with Gasteiger partial charge in [0.2, 0.25) is 0 Å². The summed E-state index contributed by atoms with van der Waals surface area (Å²) < 4.78 is 1.49. The van der Waals surface area contributed by atoms with Crippen molar-refractivity contribution in [3.05, 3.63) is 52.6 Å². The van der Waals surface area contributed by atoms with Crippen molar-refractivity contribution in [1.82, 2.24) is 24.7 Å². The zero-order valence-corrected chi connectivity index (χ0v) is 18.2. The van der Waals surface area contributed by atoms with Crippen molar-refractivity contribution in [2.24, 2.45) is 17.6 Å². The molecule has 0 radical (unpaired) electrons. The number of nitrogens with one attached hydrogen (secondary N) is 2. The highest BCUT2D eigenvalue weighted by atomic mass is 16.2. The Labute approximate surface area is 187 Å². The van der Waals surface area contributed by atoms with E-state index in [9.17, 15) is 9.59 Å². The van der Waals surface area contributed by atoms with Crippen LogP contribution in [0.5, 0.6) is 0 Å². The van der Waals surface area contributed by atoms with Crippen molar-refractivity contribution >= 4 is 11.8 Å². The molecule has 0 spiro atoms. The van der Waals surface area contributed by atoms with E-state index in [1.807, 2.05) is 12.1 Å². The fourth-order valence-corrected chi connectivity index (χ4v) is 5.24. The Balaban J connectivity index is 1.22. The summed E-state index contributed by atoms with van der Waals surface area (Å²) in [6.07, 6.45) is 4.16. The predicted molar refractivity (Wildman–Crippen MR) is 123 cm³/mol. The number of piperazine rings is 1. The van der Waals surface area contributed by atoms with Crippen LogP contribution in [-0.2, 0) is 6.54 Å². The molecule has 2 amide bonds. The molecule has 4 N–H and O–H groups in total. The van der Waals surface area contributed by atoms with Gasteiger partial charge in [-0.2, -0.15) is 4.98 Å². The minimum atomic E-state index is -0.419. The van der Waals surface area contributed by atoms with Crippen LogP contribution in [0.1, 0.15) is 18.4 Å². The highest BCUT2D eigenvalue weighted by molar-refractivity contribution is 5.88. The van der Waals surface area contributed by atoms with Crippen molar-refractivity contribution in [3.63, 3.8) is 0 Å². The summed E-state index contributed by atoms with van der Waals surface area (Å²) in [5, 5.41) is 5.93. The number of benzene rings is 1. The first-order chi connectivity index (χ1) is 15.6. The minimum absolute atomic E-state index is 0.229. The lowest BCUT2D eigenvalue weighted by Crippen LogP contribution is -2.48. The Morgan fingerprint density at radius 2 is 1.78 bits per heavy atom.